The van der Waals surface area contributed by atoms with Crippen LogP contribution < -0.4 is 5.32 Å². The second-order valence-corrected chi connectivity index (χ2v) is 11.7. The van der Waals surface area contributed by atoms with Crippen LogP contribution in [0.5, 0.6) is 5.75 Å². The fourth-order valence-corrected chi connectivity index (χ4v) is 5.26. The summed E-state index contributed by atoms with van der Waals surface area (Å²) in [4.78, 5) is 20.4. The summed E-state index contributed by atoms with van der Waals surface area (Å²) in [7, 11) is 1.47. The number of methoxy groups -OCH3 is 1. The third-order valence-corrected chi connectivity index (χ3v) is 7.21. The lowest BCUT2D eigenvalue weighted by Gasteiger charge is -2.40. The van der Waals surface area contributed by atoms with Gasteiger partial charge in [0.15, 0.2) is 0 Å². The number of carbonyl (C=O) groups excluding carboxylic acids is 1. The number of hydrogen-bond acceptors (Lipinski definition) is 5. The molecule has 0 fully saturated rings. The Morgan fingerprint density at radius 3 is 2.47 bits per heavy atom. The highest BCUT2D eigenvalue weighted by Gasteiger charge is 2.38. The molecule has 43 heavy (non-hydrogen) atoms. The van der Waals surface area contributed by atoms with Gasteiger partial charge in [0.25, 0.3) is 0 Å². The second-order valence-electron chi connectivity index (χ2n) is 11.7. The minimum atomic E-state index is -0.614. The number of alkyl halides is 1. The van der Waals surface area contributed by atoms with Crippen molar-refractivity contribution in [1.82, 2.24) is 14.5 Å². The summed E-state index contributed by atoms with van der Waals surface area (Å²) in [6.45, 7) is 5.90. The van der Waals surface area contributed by atoms with Crippen LogP contribution in [0.25, 0.3) is 11.3 Å². The molecule has 3 aromatic carbocycles. The summed E-state index contributed by atoms with van der Waals surface area (Å²) < 4.78 is 35.6. The number of carbonyl (C=O) groups is 1. The SMILES string of the molecule is COCC(=O)N(CCC(CF)Nc1ccccc1)[C@@H](c1nc(-c2cccc(F)c2)cn1Cc1cccc(O)c1)C(C)(C)C. The topological polar surface area (TPSA) is 79.6 Å². The first-order valence-electron chi connectivity index (χ1n) is 14.4. The van der Waals surface area contributed by atoms with Gasteiger partial charge in [-0.3, -0.25) is 4.79 Å². The van der Waals surface area contributed by atoms with Gasteiger partial charge in [0, 0.05) is 37.6 Å². The number of ether oxygens (including phenoxy) is 1. The summed E-state index contributed by atoms with van der Waals surface area (Å²) >= 11 is 0. The molecule has 2 atom stereocenters. The number of amides is 1. The molecule has 1 amide bonds. The van der Waals surface area contributed by atoms with Gasteiger partial charge in [-0.2, -0.15) is 0 Å². The van der Waals surface area contributed by atoms with Gasteiger partial charge in [-0.05, 0) is 53.8 Å². The van der Waals surface area contributed by atoms with Gasteiger partial charge < -0.3 is 24.6 Å². The molecule has 0 aliphatic rings. The molecular weight excluding hydrogens is 550 g/mol. The van der Waals surface area contributed by atoms with Crippen LogP contribution in [0.15, 0.2) is 85.1 Å². The summed E-state index contributed by atoms with van der Waals surface area (Å²) in [6.07, 6.45) is 2.19. The van der Waals surface area contributed by atoms with Crippen molar-refractivity contribution >= 4 is 11.6 Å². The number of aromatic nitrogens is 2. The molecule has 0 bridgehead atoms. The Hall–Kier alpha value is -4.24. The van der Waals surface area contributed by atoms with E-state index in [-0.39, 0.29) is 30.6 Å². The third-order valence-electron chi connectivity index (χ3n) is 7.21. The average molecular weight is 591 g/mol. The Morgan fingerprint density at radius 2 is 1.81 bits per heavy atom. The largest absolute Gasteiger partial charge is 0.508 e. The molecular formula is C34H40F2N4O3. The summed E-state index contributed by atoms with van der Waals surface area (Å²) in [6, 6.07) is 21.5. The Bertz CT molecular complexity index is 1490. The lowest BCUT2D eigenvalue weighted by atomic mass is 9.84. The molecule has 4 rings (SSSR count). The van der Waals surface area contributed by atoms with E-state index in [0.717, 1.165) is 11.3 Å². The minimum absolute atomic E-state index is 0.136. The highest BCUT2D eigenvalue weighted by molar-refractivity contribution is 5.78. The number of halogens is 2. The molecule has 0 spiro atoms. The molecule has 1 unspecified atom stereocenters. The summed E-state index contributed by atoms with van der Waals surface area (Å²) in [5, 5.41) is 13.3. The van der Waals surface area contributed by atoms with Gasteiger partial charge in [-0.15, -0.1) is 0 Å². The van der Waals surface area contributed by atoms with Crippen molar-refractivity contribution in [2.24, 2.45) is 5.41 Å². The number of rotatable bonds is 13. The Morgan fingerprint density at radius 1 is 1.07 bits per heavy atom. The molecule has 228 valence electrons. The number of hydrogen-bond donors (Lipinski definition) is 2. The molecule has 0 radical (unpaired) electrons. The van der Waals surface area contributed by atoms with Gasteiger partial charge in [-0.1, -0.05) is 63.2 Å². The van der Waals surface area contributed by atoms with Crippen LogP contribution >= 0.6 is 0 Å². The van der Waals surface area contributed by atoms with Crippen LogP contribution in [-0.4, -0.2) is 58.4 Å². The predicted octanol–water partition coefficient (Wildman–Crippen LogP) is 6.85. The molecule has 0 saturated carbocycles. The maximum Gasteiger partial charge on any atom is 0.249 e. The second kappa shape index (κ2) is 14.3. The van der Waals surface area contributed by atoms with E-state index in [1.165, 1.54) is 19.2 Å². The number of anilines is 1. The number of nitrogens with zero attached hydrogens (tertiary/aromatic N) is 3. The van der Waals surface area contributed by atoms with Crippen molar-refractivity contribution < 1.29 is 23.4 Å². The number of phenols is 1. The molecule has 2 N–H and O–H groups in total. The zero-order chi connectivity index (χ0) is 31.0. The Kier molecular flexibility index (Phi) is 10.5. The van der Waals surface area contributed by atoms with Crippen LogP contribution in [0.3, 0.4) is 0 Å². The van der Waals surface area contributed by atoms with E-state index >= 15 is 0 Å². The summed E-state index contributed by atoms with van der Waals surface area (Å²) in [5.41, 5.74) is 2.27. The van der Waals surface area contributed by atoms with Crippen molar-refractivity contribution in [2.45, 2.75) is 45.8 Å². The molecule has 1 heterocycles. The van der Waals surface area contributed by atoms with E-state index in [1.54, 1.807) is 35.2 Å². The maximum absolute atomic E-state index is 14.2. The Balaban J connectivity index is 1.77. The first-order valence-corrected chi connectivity index (χ1v) is 14.4. The van der Waals surface area contributed by atoms with Crippen LogP contribution in [-0.2, 0) is 16.1 Å². The number of benzene rings is 3. The van der Waals surface area contributed by atoms with Gasteiger partial charge >= 0.3 is 0 Å². The number of nitrogens with one attached hydrogen (secondary N) is 1. The molecule has 0 aliphatic heterocycles. The van der Waals surface area contributed by atoms with Gasteiger partial charge in [0.05, 0.1) is 17.8 Å². The number of phenolic OH excluding ortho intramolecular Hbond substituents is 1. The van der Waals surface area contributed by atoms with Crippen LogP contribution in [0.4, 0.5) is 14.5 Å². The fourth-order valence-electron chi connectivity index (χ4n) is 5.26. The van der Waals surface area contributed by atoms with E-state index in [2.05, 4.69) is 5.32 Å². The first-order chi connectivity index (χ1) is 20.6. The number of imidazole rings is 1. The van der Waals surface area contributed by atoms with Crippen molar-refractivity contribution in [3.63, 3.8) is 0 Å². The van der Waals surface area contributed by atoms with E-state index in [1.807, 2.05) is 67.9 Å². The molecule has 1 aromatic heterocycles. The van der Waals surface area contributed by atoms with E-state index < -0.39 is 24.2 Å². The molecule has 7 nitrogen and oxygen atoms in total. The van der Waals surface area contributed by atoms with E-state index in [4.69, 9.17) is 9.72 Å². The molecule has 0 aliphatic carbocycles. The maximum atomic E-state index is 14.2. The van der Waals surface area contributed by atoms with Gasteiger partial charge in [0.2, 0.25) is 5.91 Å². The average Bonchev–Trinajstić information content (AvgIpc) is 3.37. The fraction of sp³-hybridized carbons (Fsp3) is 0.353. The third kappa shape index (κ3) is 8.41. The highest BCUT2D eigenvalue weighted by atomic mass is 19.1. The molecule has 4 aromatic rings. The molecule has 0 saturated heterocycles. The standard InChI is InChI=1S/C34H40F2N4O3/c1-34(2,3)32(40(31(42)23-43-4)17-16-28(20-35)37-27-13-6-5-7-14-27)33-38-30(25-11-9-12-26(36)19-25)22-39(33)21-24-10-8-15-29(41)18-24/h5-15,18-19,22,28,32,37,41H,16-17,20-21,23H2,1-4H3/t28?,32-/m0/s1. The molecule has 9 heteroatoms. The zero-order valence-electron chi connectivity index (χ0n) is 25.1. The minimum Gasteiger partial charge on any atom is -0.508 e. The van der Waals surface area contributed by atoms with E-state index in [0.29, 0.717) is 30.0 Å². The van der Waals surface area contributed by atoms with Gasteiger partial charge in [-0.25, -0.2) is 13.8 Å². The normalized spacial score (nSPS) is 13.0. The van der Waals surface area contributed by atoms with Crippen LogP contribution in [0.1, 0.15) is 44.6 Å². The number of aromatic hydroxyl groups is 1. The van der Waals surface area contributed by atoms with E-state index in [9.17, 15) is 18.7 Å². The zero-order valence-corrected chi connectivity index (χ0v) is 25.1. The van der Waals surface area contributed by atoms with Crippen LogP contribution in [0, 0.1) is 11.2 Å². The van der Waals surface area contributed by atoms with Crippen molar-refractivity contribution in [3.05, 3.63) is 102 Å². The quantitative estimate of drug-likeness (QED) is 0.178. The van der Waals surface area contributed by atoms with Crippen molar-refractivity contribution in [2.75, 3.05) is 32.3 Å². The lowest BCUT2D eigenvalue weighted by molar-refractivity contribution is -0.140. The smallest absolute Gasteiger partial charge is 0.249 e. The summed E-state index contributed by atoms with van der Waals surface area (Å²) in [5.74, 6) is 0.0948. The highest BCUT2D eigenvalue weighted by Crippen LogP contribution is 2.39. The van der Waals surface area contributed by atoms with Crippen molar-refractivity contribution in [1.29, 1.82) is 0 Å². The first kappa shape index (κ1) is 31.7. The van der Waals surface area contributed by atoms with Gasteiger partial charge in [0.1, 0.15) is 30.7 Å². The van der Waals surface area contributed by atoms with Crippen molar-refractivity contribution in [3.8, 4) is 17.0 Å². The number of para-hydroxylation sites is 1. The Labute approximate surface area is 252 Å². The lowest BCUT2D eigenvalue weighted by Crippen LogP contribution is -2.45. The predicted molar refractivity (Wildman–Crippen MR) is 165 cm³/mol. The monoisotopic (exact) mass is 590 g/mol. The van der Waals surface area contributed by atoms with Crippen LogP contribution in [0.2, 0.25) is 0 Å².